The Labute approximate surface area is 171 Å². The summed E-state index contributed by atoms with van der Waals surface area (Å²) in [5.74, 6) is -3.45. The summed E-state index contributed by atoms with van der Waals surface area (Å²) in [6, 6.07) is 6.03. The number of nitrogens with one attached hydrogen (secondary N) is 1. The number of unbranched alkanes of at least 4 members (excludes halogenated alkanes) is 1. The molecule has 1 aromatic carbocycles. The first-order valence-electron chi connectivity index (χ1n) is 9.17. The first-order valence-corrected chi connectivity index (χ1v) is 9.17. The first-order chi connectivity index (χ1) is 14.3. The zero-order chi connectivity index (χ0) is 22.3. The summed E-state index contributed by atoms with van der Waals surface area (Å²) in [5, 5.41) is 18.9. The van der Waals surface area contributed by atoms with Crippen LogP contribution in [0.25, 0.3) is 11.1 Å². The number of aromatic nitrogens is 1. The number of hydrogen-bond donors (Lipinski definition) is 4. The molecule has 0 spiro atoms. The van der Waals surface area contributed by atoms with E-state index < -0.39 is 34.4 Å². The number of benzene rings is 1. The molecule has 5 N–H and O–H groups in total. The van der Waals surface area contributed by atoms with E-state index in [0.717, 1.165) is 0 Å². The van der Waals surface area contributed by atoms with Crippen LogP contribution in [0.15, 0.2) is 29.1 Å². The van der Waals surface area contributed by atoms with Gasteiger partial charge in [-0.05, 0) is 37.5 Å². The molecule has 0 bridgehead atoms. The highest BCUT2D eigenvalue weighted by Gasteiger charge is 2.26. The molecular weight excluding hydrogens is 396 g/mol. The number of anilines is 1. The van der Waals surface area contributed by atoms with Crippen molar-refractivity contribution in [1.82, 2.24) is 4.98 Å². The van der Waals surface area contributed by atoms with Gasteiger partial charge in [-0.15, -0.1) is 0 Å². The highest BCUT2D eigenvalue weighted by molar-refractivity contribution is 6.07. The second-order valence-corrected chi connectivity index (χ2v) is 6.24. The van der Waals surface area contributed by atoms with Gasteiger partial charge in [0.15, 0.2) is 0 Å². The fourth-order valence-corrected chi connectivity index (χ4v) is 2.87. The molecule has 0 radical (unpaired) electrons. The molecule has 0 aliphatic carbocycles. The molecule has 30 heavy (non-hydrogen) atoms. The first kappa shape index (κ1) is 22.5. The normalized spacial score (nSPS) is 10.4. The lowest BCUT2D eigenvalue weighted by atomic mass is 9.95. The second-order valence-electron chi connectivity index (χ2n) is 6.24. The number of nitrogens with two attached hydrogens (primary N) is 1. The number of carbonyl (C=O) groups is 3. The van der Waals surface area contributed by atoms with E-state index in [1.165, 1.54) is 18.2 Å². The van der Waals surface area contributed by atoms with E-state index in [9.17, 15) is 29.4 Å². The van der Waals surface area contributed by atoms with Gasteiger partial charge in [-0.2, -0.15) is 0 Å². The Morgan fingerprint density at radius 2 is 1.80 bits per heavy atom. The van der Waals surface area contributed by atoms with Gasteiger partial charge in [-0.1, -0.05) is 12.1 Å². The number of ether oxygens (including phenoxy) is 2. The average Bonchev–Trinajstić information content (AvgIpc) is 2.66. The van der Waals surface area contributed by atoms with Crippen molar-refractivity contribution in [2.24, 2.45) is 0 Å². The van der Waals surface area contributed by atoms with E-state index >= 15 is 0 Å². The van der Waals surface area contributed by atoms with Crippen LogP contribution < -0.4 is 16.0 Å². The number of aromatic amines is 1. The number of carbonyl (C=O) groups excluding carboxylic acids is 1. The molecular formula is C20H22N2O8. The maximum absolute atomic E-state index is 12.1. The standard InChI is InChI=1S/C20H22N2O8/c1-2-29-13(23)8-3-4-9-30-12-7-5-6-11(10-12)14-15(19(25)26)17(21)22-18(24)16(14)20(27)28/h5-7,10H,2-4,8-9H2,1H3,(H,25,26)(H,27,28)(H3,21,22,24). The van der Waals surface area contributed by atoms with Crippen LogP contribution in [0.4, 0.5) is 5.82 Å². The highest BCUT2D eigenvalue weighted by Crippen LogP contribution is 2.31. The molecule has 0 atom stereocenters. The Hall–Kier alpha value is -3.82. The number of esters is 1. The molecule has 2 aromatic rings. The minimum absolute atomic E-state index is 0.159. The van der Waals surface area contributed by atoms with E-state index in [1.54, 1.807) is 13.0 Å². The molecule has 0 amide bonds. The summed E-state index contributed by atoms with van der Waals surface area (Å²) in [6.07, 6.45) is 1.41. The molecule has 0 aliphatic rings. The number of hydrogen-bond acceptors (Lipinski definition) is 7. The molecule has 0 aliphatic heterocycles. The Morgan fingerprint density at radius 3 is 2.43 bits per heavy atom. The van der Waals surface area contributed by atoms with E-state index in [4.69, 9.17) is 15.2 Å². The van der Waals surface area contributed by atoms with Crippen LogP contribution in [0.3, 0.4) is 0 Å². The van der Waals surface area contributed by atoms with Crippen LogP contribution in [-0.4, -0.2) is 46.3 Å². The molecule has 160 valence electrons. The van der Waals surface area contributed by atoms with Gasteiger partial charge < -0.3 is 30.4 Å². The van der Waals surface area contributed by atoms with Crippen molar-refractivity contribution in [3.8, 4) is 16.9 Å². The maximum Gasteiger partial charge on any atom is 0.342 e. The molecule has 0 saturated heterocycles. The predicted octanol–water partition coefficient (Wildman–Crippen LogP) is 2.13. The quantitative estimate of drug-likeness (QED) is 0.333. The zero-order valence-electron chi connectivity index (χ0n) is 16.3. The predicted molar refractivity (Wildman–Crippen MR) is 107 cm³/mol. The van der Waals surface area contributed by atoms with Crippen molar-refractivity contribution >= 4 is 23.7 Å². The van der Waals surface area contributed by atoms with Crippen LogP contribution in [0, 0.1) is 0 Å². The number of H-pyrrole nitrogens is 1. The van der Waals surface area contributed by atoms with Gasteiger partial charge >= 0.3 is 17.9 Å². The van der Waals surface area contributed by atoms with Gasteiger partial charge in [0.05, 0.1) is 13.2 Å². The summed E-state index contributed by atoms with van der Waals surface area (Å²) < 4.78 is 10.4. The molecule has 0 unspecified atom stereocenters. The lowest BCUT2D eigenvalue weighted by molar-refractivity contribution is -0.143. The van der Waals surface area contributed by atoms with Gasteiger partial charge in [0, 0.05) is 12.0 Å². The summed E-state index contributed by atoms with van der Waals surface area (Å²) in [4.78, 5) is 48.7. The fraction of sp³-hybridized carbons (Fsp3) is 0.300. The van der Waals surface area contributed by atoms with Crippen LogP contribution in [0.1, 0.15) is 46.9 Å². The molecule has 0 fully saturated rings. The number of carboxylic acids is 2. The largest absolute Gasteiger partial charge is 0.494 e. The Kier molecular flexibility index (Phi) is 7.56. The summed E-state index contributed by atoms with van der Waals surface area (Å²) >= 11 is 0. The Bertz CT molecular complexity index is 1010. The van der Waals surface area contributed by atoms with Crippen molar-refractivity contribution in [1.29, 1.82) is 0 Å². The summed E-state index contributed by atoms with van der Waals surface area (Å²) in [6.45, 7) is 2.33. The molecule has 1 heterocycles. The van der Waals surface area contributed by atoms with Crippen LogP contribution in [-0.2, 0) is 9.53 Å². The molecule has 2 rings (SSSR count). The second kappa shape index (κ2) is 10.1. The number of aromatic carboxylic acids is 2. The van der Waals surface area contributed by atoms with Crippen LogP contribution in [0.5, 0.6) is 5.75 Å². The monoisotopic (exact) mass is 418 g/mol. The van der Waals surface area contributed by atoms with Crippen molar-refractivity contribution < 1.29 is 34.1 Å². The van der Waals surface area contributed by atoms with Gasteiger partial charge in [0.1, 0.15) is 22.7 Å². The number of carboxylic acid groups (broad SMARTS) is 2. The van der Waals surface area contributed by atoms with Crippen molar-refractivity contribution in [3.05, 3.63) is 45.7 Å². The van der Waals surface area contributed by atoms with Crippen molar-refractivity contribution in [2.75, 3.05) is 18.9 Å². The van der Waals surface area contributed by atoms with Gasteiger partial charge in [0.2, 0.25) is 0 Å². The molecule has 10 heteroatoms. The van der Waals surface area contributed by atoms with E-state index in [0.29, 0.717) is 25.2 Å². The van der Waals surface area contributed by atoms with E-state index in [-0.39, 0.29) is 30.1 Å². The topological polar surface area (TPSA) is 169 Å². The third-order valence-electron chi connectivity index (χ3n) is 4.14. The van der Waals surface area contributed by atoms with E-state index in [2.05, 4.69) is 4.98 Å². The van der Waals surface area contributed by atoms with Crippen molar-refractivity contribution in [2.45, 2.75) is 26.2 Å². The highest BCUT2D eigenvalue weighted by atomic mass is 16.5. The van der Waals surface area contributed by atoms with Crippen LogP contribution >= 0.6 is 0 Å². The minimum atomic E-state index is -1.58. The minimum Gasteiger partial charge on any atom is -0.494 e. The molecule has 0 saturated carbocycles. The van der Waals surface area contributed by atoms with Gasteiger partial charge in [-0.3, -0.25) is 9.59 Å². The Morgan fingerprint density at radius 1 is 1.10 bits per heavy atom. The van der Waals surface area contributed by atoms with Gasteiger partial charge in [0.25, 0.3) is 5.56 Å². The number of nitrogen functional groups attached to an aromatic ring is 1. The number of pyridine rings is 1. The number of rotatable bonds is 10. The third kappa shape index (κ3) is 5.37. The van der Waals surface area contributed by atoms with E-state index in [1.807, 2.05) is 0 Å². The van der Waals surface area contributed by atoms with Crippen LogP contribution in [0.2, 0.25) is 0 Å². The smallest absolute Gasteiger partial charge is 0.342 e. The summed E-state index contributed by atoms with van der Waals surface area (Å²) in [5.41, 5.74) is 3.23. The molecule has 1 aromatic heterocycles. The van der Waals surface area contributed by atoms with Gasteiger partial charge in [-0.25, -0.2) is 9.59 Å². The lowest BCUT2D eigenvalue weighted by Crippen LogP contribution is -2.24. The van der Waals surface area contributed by atoms with Crippen molar-refractivity contribution in [3.63, 3.8) is 0 Å². The average molecular weight is 418 g/mol. The SMILES string of the molecule is CCOC(=O)CCCCOc1cccc(-c2c(C(=O)O)c(N)[nH]c(=O)c2C(=O)O)c1. The molecule has 10 nitrogen and oxygen atoms in total. The maximum atomic E-state index is 12.1. The lowest BCUT2D eigenvalue weighted by Gasteiger charge is -2.13. The zero-order valence-corrected chi connectivity index (χ0v) is 16.3. The third-order valence-corrected chi connectivity index (χ3v) is 4.14. The summed E-state index contributed by atoms with van der Waals surface area (Å²) in [7, 11) is 0. The Balaban J connectivity index is 2.27. The fourth-order valence-electron chi connectivity index (χ4n) is 2.87.